The van der Waals surface area contributed by atoms with Crippen molar-refractivity contribution < 1.29 is 9.47 Å². The lowest BCUT2D eigenvalue weighted by atomic mass is 10.2. The Balaban J connectivity index is 3.47. The molecule has 0 amide bonds. The second-order valence-electron chi connectivity index (χ2n) is 5.44. The van der Waals surface area contributed by atoms with Gasteiger partial charge in [0.15, 0.2) is 0 Å². The van der Waals surface area contributed by atoms with Crippen LogP contribution in [0.2, 0.25) is 0 Å². The summed E-state index contributed by atoms with van der Waals surface area (Å²) in [6, 6.07) is 5.49. The van der Waals surface area contributed by atoms with E-state index >= 15 is 0 Å². The summed E-state index contributed by atoms with van der Waals surface area (Å²) in [6.45, 7) is 5.30. The van der Waals surface area contributed by atoms with Gasteiger partial charge < -0.3 is 26.3 Å². The molecule has 0 saturated heterocycles. The van der Waals surface area contributed by atoms with Gasteiger partial charge >= 0.3 is 0 Å². The molecule has 0 bridgehead atoms. The van der Waals surface area contributed by atoms with Crippen LogP contribution in [0.1, 0.15) is 39.5 Å². The molecule has 0 unspecified atom stereocenters. The molecule has 0 aliphatic carbocycles. The molecule has 0 fully saturated rings. The van der Waals surface area contributed by atoms with Gasteiger partial charge in [-0.2, -0.15) is 5.26 Å². The fraction of sp³-hybridized carbons (Fsp3) is 0.500. The molecular weight excluding hydrogens is 304 g/mol. The third kappa shape index (κ3) is 5.27. The van der Waals surface area contributed by atoms with Crippen LogP contribution in [0.25, 0.3) is 11.5 Å². The SMILES string of the molecule is CCCCOc1cc(=C(N)NC)c(OCCCC)cc1=C(N)C#N. The number of nitriles is 1. The molecule has 0 radical (unpaired) electrons. The van der Waals surface area contributed by atoms with E-state index in [-0.39, 0.29) is 5.70 Å². The predicted octanol–water partition coefficient (Wildman–Crippen LogP) is 0.879. The van der Waals surface area contributed by atoms with E-state index in [1.165, 1.54) is 0 Å². The lowest BCUT2D eigenvalue weighted by Gasteiger charge is -2.13. The van der Waals surface area contributed by atoms with Gasteiger partial charge in [0.2, 0.25) is 0 Å². The van der Waals surface area contributed by atoms with Crippen LogP contribution in [0.3, 0.4) is 0 Å². The van der Waals surface area contributed by atoms with Crippen LogP contribution in [0.15, 0.2) is 12.1 Å². The molecule has 1 aromatic carbocycles. The third-order valence-electron chi connectivity index (χ3n) is 3.56. The fourth-order valence-corrected chi connectivity index (χ4v) is 2.07. The van der Waals surface area contributed by atoms with Crippen LogP contribution in [-0.4, -0.2) is 20.3 Å². The van der Waals surface area contributed by atoms with Crippen LogP contribution in [0.5, 0.6) is 11.5 Å². The average Bonchev–Trinajstić information content (AvgIpc) is 2.61. The van der Waals surface area contributed by atoms with Gasteiger partial charge in [0.1, 0.15) is 29.1 Å². The summed E-state index contributed by atoms with van der Waals surface area (Å²) < 4.78 is 11.7. The summed E-state index contributed by atoms with van der Waals surface area (Å²) in [6.07, 6.45) is 3.89. The standard InChI is InChI=1S/C18H28N4O2/c1-4-6-8-23-16-11-14(18(21)22-3)17(24-9-7-5-2)10-13(16)15(20)12-19/h10-11,22H,4-9,20-21H2,1-3H3. The lowest BCUT2D eigenvalue weighted by Crippen LogP contribution is -2.28. The molecule has 0 aromatic heterocycles. The van der Waals surface area contributed by atoms with Crippen LogP contribution in [-0.2, 0) is 0 Å². The molecule has 0 aliphatic heterocycles. The Morgan fingerprint density at radius 1 is 1.04 bits per heavy atom. The third-order valence-corrected chi connectivity index (χ3v) is 3.56. The topological polar surface area (TPSA) is 106 Å². The van der Waals surface area contributed by atoms with Gasteiger partial charge in [0.25, 0.3) is 0 Å². The van der Waals surface area contributed by atoms with E-state index in [9.17, 15) is 0 Å². The number of hydrogen-bond donors (Lipinski definition) is 3. The molecule has 0 spiro atoms. The molecule has 0 aliphatic rings. The summed E-state index contributed by atoms with van der Waals surface area (Å²) in [7, 11) is 1.74. The van der Waals surface area contributed by atoms with Crippen LogP contribution in [0.4, 0.5) is 0 Å². The Bertz CT molecular complexity index is 692. The van der Waals surface area contributed by atoms with E-state index in [1.807, 2.05) is 6.07 Å². The molecule has 132 valence electrons. The number of benzene rings is 1. The van der Waals surface area contributed by atoms with Crippen molar-refractivity contribution >= 4 is 11.5 Å². The Morgan fingerprint density at radius 3 is 2.00 bits per heavy atom. The first-order valence-corrected chi connectivity index (χ1v) is 8.36. The van der Waals surface area contributed by atoms with Crippen molar-refractivity contribution in [2.24, 2.45) is 11.5 Å². The summed E-state index contributed by atoms with van der Waals surface area (Å²) in [4.78, 5) is 0. The number of rotatable bonds is 9. The van der Waals surface area contributed by atoms with Crippen LogP contribution >= 0.6 is 0 Å². The van der Waals surface area contributed by atoms with Crippen molar-refractivity contribution in [1.29, 1.82) is 5.26 Å². The van der Waals surface area contributed by atoms with Gasteiger partial charge in [0, 0.05) is 7.05 Å². The first-order chi connectivity index (χ1) is 11.6. The molecule has 1 aromatic rings. The first-order valence-electron chi connectivity index (χ1n) is 8.36. The average molecular weight is 332 g/mol. The largest absolute Gasteiger partial charge is 0.493 e. The van der Waals surface area contributed by atoms with Gasteiger partial charge in [0.05, 0.1) is 23.7 Å². The maximum atomic E-state index is 9.16. The predicted molar refractivity (Wildman–Crippen MR) is 96.4 cm³/mol. The number of hydrogen-bond acceptors (Lipinski definition) is 6. The van der Waals surface area contributed by atoms with Crippen molar-refractivity contribution in [3.63, 3.8) is 0 Å². The fourth-order valence-electron chi connectivity index (χ4n) is 2.07. The minimum absolute atomic E-state index is 0.0939. The molecular formula is C18H28N4O2. The maximum absolute atomic E-state index is 9.16. The molecule has 6 nitrogen and oxygen atoms in total. The minimum atomic E-state index is 0.0939. The second kappa shape index (κ2) is 10.3. The van der Waals surface area contributed by atoms with Crippen LogP contribution < -0.4 is 36.7 Å². The van der Waals surface area contributed by atoms with E-state index < -0.39 is 0 Å². The zero-order chi connectivity index (χ0) is 17.9. The number of nitrogens with two attached hydrogens (primary N) is 2. The van der Waals surface area contributed by atoms with E-state index in [4.69, 9.17) is 26.2 Å². The zero-order valence-corrected chi connectivity index (χ0v) is 14.8. The summed E-state index contributed by atoms with van der Waals surface area (Å²) in [5.74, 6) is 1.61. The molecule has 1 rings (SSSR count). The van der Waals surface area contributed by atoms with Gasteiger partial charge in [-0.1, -0.05) is 26.7 Å². The quantitative estimate of drug-likeness (QED) is 0.580. The van der Waals surface area contributed by atoms with E-state index in [0.717, 1.165) is 25.7 Å². The number of nitrogens with one attached hydrogen (secondary N) is 1. The number of ether oxygens (including phenoxy) is 2. The van der Waals surface area contributed by atoms with E-state index in [1.54, 1.807) is 19.2 Å². The molecule has 0 atom stereocenters. The van der Waals surface area contributed by atoms with Crippen molar-refractivity contribution in [3.05, 3.63) is 22.6 Å². The molecule has 6 heteroatoms. The minimum Gasteiger partial charge on any atom is -0.493 e. The first kappa shape index (κ1) is 19.5. The monoisotopic (exact) mass is 332 g/mol. The Morgan fingerprint density at radius 2 is 1.54 bits per heavy atom. The maximum Gasteiger partial charge on any atom is 0.131 e. The summed E-state index contributed by atoms with van der Waals surface area (Å²) >= 11 is 0. The van der Waals surface area contributed by atoms with Crippen molar-refractivity contribution in [1.82, 2.24) is 5.32 Å². The Kier molecular flexibility index (Phi) is 8.34. The Hall–Kier alpha value is -2.55. The van der Waals surface area contributed by atoms with E-state index in [0.29, 0.717) is 41.0 Å². The van der Waals surface area contributed by atoms with Crippen molar-refractivity contribution in [2.75, 3.05) is 20.3 Å². The molecule has 0 heterocycles. The summed E-state index contributed by atoms with van der Waals surface area (Å²) in [5.41, 5.74) is 12.0. The zero-order valence-electron chi connectivity index (χ0n) is 14.8. The van der Waals surface area contributed by atoms with E-state index in [2.05, 4.69) is 19.2 Å². The molecule has 5 N–H and O–H groups in total. The molecule has 24 heavy (non-hydrogen) atoms. The Labute approximate surface area is 143 Å². The number of unbranched alkanes of at least 4 members (excludes halogenated alkanes) is 2. The highest BCUT2D eigenvalue weighted by molar-refractivity contribution is 5.60. The van der Waals surface area contributed by atoms with Gasteiger partial charge in [-0.25, -0.2) is 0 Å². The van der Waals surface area contributed by atoms with Crippen molar-refractivity contribution in [3.8, 4) is 17.6 Å². The normalized spacial score (nSPS) is 12.9. The van der Waals surface area contributed by atoms with Gasteiger partial charge in [-0.05, 0) is 25.0 Å². The van der Waals surface area contributed by atoms with Gasteiger partial charge in [-0.15, -0.1) is 0 Å². The lowest BCUT2D eigenvalue weighted by molar-refractivity contribution is 0.296. The summed E-state index contributed by atoms with van der Waals surface area (Å²) in [5, 5.41) is 13.3. The van der Waals surface area contributed by atoms with Crippen molar-refractivity contribution in [2.45, 2.75) is 39.5 Å². The highest BCUT2D eigenvalue weighted by Crippen LogP contribution is 2.10. The second-order valence-corrected chi connectivity index (χ2v) is 5.44. The smallest absolute Gasteiger partial charge is 0.131 e. The molecule has 0 saturated carbocycles. The van der Waals surface area contributed by atoms with Gasteiger partial charge in [-0.3, -0.25) is 0 Å². The van der Waals surface area contributed by atoms with Crippen LogP contribution in [0, 0.1) is 11.3 Å². The number of nitrogens with zero attached hydrogens (tertiary/aromatic N) is 1. The highest BCUT2D eigenvalue weighted by atomic mass is 16.5. The highest BCUT2D eigenvalue weighted by Gasteiger charge is 2.09.